The Morgan fingerprint density at radius 3 is 2.10 bits per heavy atom. The number of morpholine rings is 1. The van der Waals surface area contributed by atoms with Crippen LogP contribution in [0.25, 0.3) is 11.4 Å². The van der Waals surface area contributed by atoms with Gasteiger partial charge in [0.1, 0.15) is 0 Å². The molecule has 30 heavy (non-hydrogen) atoms. The van der Waals surface area contributed by atoms with Crippen molar-refractivity contribution in [3.63, 3.8) is 0 Å². The van der Waals surface area contributed by atoms with E-state index >= 15 is 0 Å². The molecule has 0 unspecified atom stereocenters. The second-order valence-corrected chi connectivity index (χ2v) is 9.22. The topological polar surface area (TPSA) is 144 Å². The van der Waals surface area contributed by atoms with Crippen molar-refractivity contribution in [1.29, 1.82) is 0 Å². The van der Waals surface area contributed by atoms with Gasteiger partial charge in [0.25, 0.3) is 0 Å². The Bertz CT molecular complexity index is 1020. The number of sulfonamides is 1. The van der Waals surface area contributed by atoms with Gasteiger partial charge in [-0.1, -0.05) is 0 Å². The van der Waals surface area contributed by atoms with E-state index in [9.17, 15) is 8.42 Å². The molecular weight excluding hydrogens is 410 g/mol. The number of nitrogens with two attached hydrogens (primary N) is 1. The van der Waals surface area contributed by atoms with Crippen LogP contribution in [0.5, 0.6) is 0 Å². The van der Waals surface area contributed by atoms with Crippen LogP contribution in [0, 0.1) is 6.92 Å². The van der Waals surface area contributed by atoms with Crippen LogP contribution in [-0.4, -0.2) is 96.4 Å². The standard InChI is InChI=1S/C17H25N9O3S/c1-12-13(11-19-15(18)20-12)14-21-16(23-17(22-14)25-7-9-29-10-8-25)24-3-5-26(6-4-24)30(2,27)28/h11H,3-10H2,1-2H3,(H2,18,19,20). The summed E-state index contributed by atoms with van der Waals surface area (Å²) >= 11 is 0. The van der Waals surface area contributed by atoms with Gasteiger partial charge in [-0.2, -0.15) is 19.3 Å². The third-order valence-electron chi connectivity index (χ3n) is 5.14. The zero-order valence-corrected chi connectivity index (χ0v) is 17.8. The predicted octanol–water partition coefficient (Wildman–Crippen LogP) is -0.863. The van der Waals surface area contributed by atoms with E-state index in [1.54, 1.807) is 6.20 Å². The molecule has 2 aliphatic heterocycles. The molecular formula is C17H25N9O3S. The van der Waals surface area contributed by atoms with Crippen molar-refractivity contribution < 1.29 is 13.2 Å². The minimum absolute atomic E-state index is 0.191. The van der Waals surface area contributed by atoms with Crippen molar-refractivity contribution in [3.05, 3.63) is 11.9 Å². The number of hydrogen-bond acceptors (Lipinski definition) is 11. The number of nitrogens with zero attached hydrogens (tertiary/aromatic N) is 8. The molecule has 0 atom stereocenters. The Kier molecular flexibility index (Phi) is 5.66. The fourth-order valence-electron chi connectivity index (χ4n) is 3.44. The van der Waals surface area contributed by atoms with Crippen molar-refractivity contribution >= 4 is 27.9 Å². The highest BCUT2D eigenvalue weighted by molar-refractivity contribution is 7.88. The molecule has 2 fully saturated rings. The molecule has 0 radical (unpaired) electrons. The Hall–Kier alpha value is -2.64. The van der Waals surface area contributed by atoms with E-state index in [1.165, 1.54) is 10.6 Å². The van der Waals surface area contributed by atoms with Gasteiger partial charge in [-0.3, -0.25) is 0 Å². The van der Waals surface area contributed by atoms with Gasteiger partial charge in [-0.25, -0.2) is 18.4 Å². The zero-order chi connectivity index (χ0) is 21.3. The number of aromatic nitrogens is 5. The number of rotatable bonds is 4. The minimum atomic E-state index is -3.21. The van der Waals surface area contributed by atoms with Gasteiger partial charge in [0.15, 0.2) is 5.82 Å². The maximum Gasteiger partial charge on any atom is 0.230 e. The number of ether oxygens (including phenoxy) is 1. The van der Waals surface area contributed by atoms with Crippen LogP contribution in [0.15, 0.2) is 6.20 Å². The lowest BCUT2D eigenvalue weighted by atomic mass is 10.2. The molecule has 0 spiro atoms. The summed E-state index contributed by atoms with van der Waals surface area (Å²) in [6, 6.07) is 0. The number of nitrogen functional groups attached to an aromatic ring is 1. The van der Waals surface area contributed by atoms with Crippen LogP contribution >= 0.6 is 0 Å². The summed E-state index contributed by atoms with van der Waals surface area (Å²) in [6.07, 6.45) is 2.84. The van der Waals surface area contributed by atoms with Crippen molar-refractivity contribution in [2.24, 2.45) is 0 Å². The van der Waals surface area contributed by atoms with Crippen LogP contribution < -0.4 is 15.5 Å². The van der Waals surface area contributed by atoms with E-state index in [1.807, 2.05) is 11.8 Å². The molecule has 2 aliphatic rings. The molecule has 162 valence electrons. The Morgan fingerprint density at radius 2 is 1.53 bits per heavy atom. The minimum Gasteiger partial charge on any atom is -0.378 e. The molecule has 0 saturated carbocycles. The van der Waals surface area contributed by atoms with E-state index in [4.69, 9.17) is 10.5 Å². The molecule has 0 amide bonds. The van der Waals surface area contributed by atoms with E-state index in [2.05, 4.69) is 29.8 Å². The third-order valence-corrected chi connectivity index (χ3v) is 6.44. The van der Waals surface area contributed by atoms with Crippen molar-refractivity contribution in [2.45, 2.75) is 6.92 Å². The fraction of sp³-hybridized carbons (Fsp3) is 0.588. The summed E-state index contributed by atoms with van der Waals surface area (Å²) in [7, 11) is -3.21. The van der Waals surface area contributed by atoms with Gasteiger partial charge in [-0.15, -0.1) is 0 Å². The smallest absolute Gasteiger partial charge is 0.230 e. The highest BCUT2D eigenvalue weighted by atomic mass is 32.2. The monoisotopic (exact) mass is 435 g/mol. The lowest BCUT2D eigenvalue weighted by molar-refractivity contribution is 0.122. The third kappa shape index (κ3) is 4.42. The van der Waals surface area contributed by atoms with Crippen LogP contribution in [0.3, 0.4) is 0 Å². The second-order valence-electron chi connectivity index (χ2n) is 7.23. The molecule has 13 heteroatoms. The molecule has 12 nitrogen and oxygen atoms in total. The van der Waals surface area contributed by atoms with Crippen molar-refractivity contribution in [1.82, 2.24) is 29.2 Å². The summed E-state index contributed by atoms with van der Waals surface area (Å²) in [5, 5.41) is 0. The lowest BCUT2D eigenvalue weighted by Crippen LogP contribution is -2.49. The Labute approximate surface area is 175 Å². The highest BCUT2D eigenvalue weighted by Crippen LogP contribution is 2.24. The zero-order valence-electron chi connectivity index (χ0n) is 17.0. The summed E-state index contributed by atoms with van der Waals surface area (Å²) < 4.78 is 30.5. The molecule has 2 saturated heterocycles. The molecule has 4 heterocycles. The first kappa shape index (κ1) is 20.6. The van der Waals surface area contributed by atoms with Gasteiger partial charge < -0.3 is 20.3 Å². The normalized spacial score (nSPS) is 18.6. The molecule has 2 aromatic rings. The van der Waals surface area contributed by atoms with Gasteiger partial charge in [-0.05, 0) is 6.92 Å². The van der Waals surface area contributed by atoms with Crippen LogP contribution in [0.1, 0.15) is 5.69 Å². The van der Waals surface area contributed by atoms with E-state index in [-0.39, 0.29) is 5.95 Å². The van der Waals surface area contributed by atoms with E-state index < -0.39 is 10.0 Å². The first-order chi connectivity index (χ1) is 14.3. The molecule has 0 bridgehead atoms. The van der Waals surface area contributed by atoms with Crippen LogP contribution in [0.2, 0.25) is 0 Å². The van der Waals surface area contributed by atoms with Crippen molar-refractivity contribution in [2.75, 3.05) is 74.3 Å². The maximum atomic E-state index is 11.8. The number of piperazine rings is 1. The molecule has 2 aromatic heterocycles. The second kappa shape index (κ2) is 8.24. The Morgan fingerprint density at radius 1 is 0.933 bits per heavy atom. The summed E-state index contributed by atoms with van der Waals surface area (Å²) in [6.45, 7) is 6.17. The van der Waals surface area contributed by atoms with E-state index in [0.29, 0.717) is 81.5 Å². The van der Waals surface area contributed by atoms with Gasteiger partial charge in [0.05, 0.1) is 30.7 Å². The number of anilines is 3. The summed E-state index contributed by atoms with van der Waals surface area (Å²) in [5.41, 5.74) is 7.04. The first-order valence-corrected chi connectivity index (χ1v) is 11.5. The predicted molar refractivity (Wildman–Crippen MR) is 112 cm³/mol. The molecule has 0 aromatic carbocycles. The average molecular weight is 436 g/mol. The van der Waals surface area contributed by atoms with Crippen LogP contribution in [-0.2, 0) is 14.8 Å². The van der Waals surface area contributed by atoms with Gasteiger partial charge >= 0.3 is 0 Å². The average Bonchev–Trinajstić information content (AvgIpc) is 2.73. The fourth-order valence-corrected chi connectivity index (χ4v) is 4.27. The van der Waals surface area contributed by atoms with Gasteiger partial charge in [0, 0.05) is 45.5 Å². The SMILES string of the molecule is Cc1nc(N)ncc1-c1nc(N2CCOCC2)nc(N2CCN(S(C)(=O)=O)CC2)n1. The molecule has 0 aliphatic carbocycles. The van der Waals surface area contributed by atoms with Gasteiger partial charge in [0.2, 0.25) is 27.9 Å². The molecule has 2 N–H and O–H groups in total. The van der Waals surface area contributed by atoms with Crippen LogP contribution in [0.4, 0.5) is 17.8 Å². The maximum absolute atomic E-state index is 11.8. The summed E-state index contributed by atoms with van der Waals surface area (Å²) in [4.78, 5) is 26.3. The number of hydrogen-bond donors (Lipinski definition) is 1. The number of aryl methyl sites for hydroxylation is 1. The van der Waals surface area contributed by atoms with Crippen molar-refractivity contribution in [3.8, 4) is 11.4 Å². The Balaban J connectivity index is 1.69. The first-order valence-electron chi connectivity index (χ1n) is 9.69. The quantitative estimate of drug-likeness (QED) is 0.640. The highest BCUT2D eigenvalue weighted by Gasteiger charge is 2.27. The lowest BCUT2D eigenvalue weighted by Gasteiger charge is -2.34. The van der Waals surface area contributed by atoms with E-state index in [0.717, 1.165) is 0 Å². The largest absolute Gasteiger partial charge is 0.378 e. The summed E-state index contributed by atoms with van der Waals surface area (Å²) in [5.74, 6) is 1.71. The molecule has 4 rings (SSSR count).